The lowest BCUT2D eigenvalue weighted by atomic mass is 10.0. The molecule has 1 nitrogen and oxygen atoms in total. The Morgan fingerprint density at radius 1 is 1.39 bits per heavy atom. The van der Waals surface area contributed by atoms with E-state index < -0.39 is 0 Å². The van der Waals surface area contributed by atoms with E-state index in [4.69, 9.17) is 11.6 Å². The first-order chi connectivity index (χ1) is 8.78. The minimum Gasteiger partial charge on any atom is -0.368 e. The fourth-order valence-corrected chi connectivity index (χ4v) is 2.78. The lowest BCUT2D eigenvalue weighted by Crippen LogP contribution is -2.28. The smallest absolute Gasteiger partial charge is 0.0505 e. The molecular formula is C16H26ClN. The van der Waals surface area contributed by atoms with Gasteiger partial charge in [0.15, 0.2) is 0 Å². The summed E-state index contributed by atoms with van der Waals surface area (Å²) in [6, 6.07) is 0.604. The molecule has 1 unspecified atom stereocenters. The van der Waals surface area contributed by atoms with Gasteiger partial charge in [-0.05, 0) is 32.3 Å². The number of rotatable bonds is 6. The third kappa shape index (κ3) is 3.91. The van der Waals surface area contributed by atoms with Crippen molar-refractivity contribution in [1.82, 2.24) is 4.90 Å². The van der Waals surface area contributed by atoms with Gasteiger partial charge in [-0.2, -0.15) is 0 Å². The Bertz CT molecular complexity index is 328. The van der Waals surface area contributed by atoms with Crippen LogP contribution in [0.3, 0.4) is 0 Å². The fraction of sp³-hybridized carbons (Fsp3) is 0.625. The quantitative estimate of drug-likeness (QED) is 0.619. The monoisotopic (exact) mass is 267 g/mol. The number of halogens is 1. The van der Waals surface area contributed by atoms with Gasteiger partial charge in [-0.15, -0.1) is 11.6 Å². The number of hydrogen-bond donors (Lipinski definition) is 0. The molecule has 0 aromatic rings. The van der Waals surface area contributed by atoms with Crippen LogP contribution >= 0.6 is 11.6 Å². The van der Waals surface area contributed by atoms with Crippen molar-refractivity contribution in [1.29, 1.82) is 0 Å². The Balaban J connectivity index is 2.82. The first kappa shape index (κ1) is 15.4. The molecule has 0 aromatic heterocycles. The van der Waals surface area contributed by atoms with Gasteiger partial charge in [0.2, 0.25) is 0 Å². The summed E-state index contributed by atoms with van der Waals surface area (Å²) in [5.41, 5.74) is 3.03. The SMILES string of the molecule is C/C=C1\C/C(=C\C=C/CCCl)C(CCC)N1CC. The second-order valence-electron chi connectivity index (χ2n) is 4.69. The van der Waals surface area contributed by atoms with E-state index in [-0.39, 0.29) is 0 Å². The Kier molecular flexibility index (Phi) is 7.19. The molecule has 0 spiro atoms. The van der Waals surface area contributed by atoms with Crippen LogP contribution in [-0.2, 0) is 0 Å². The van der Waals surface area contributed by atoms with Gasteiger partial charge >= 0.3 is 0 Å². The Labute approximate surface area is 117 Å². The normalized spacial score (nSPS) is 24.9. The maximum atomic E-state index is 5.68. The highest BCUT2D eigenvalue weighted by Crippen LogP contribution is 2.34. The third-order valence-electron chi connectivity index (χ3n) is 3.52. The molecule has 2 heteroatoms. The zero-order valence-electron chi connectivity index (χ0n) is 12.0. The van der Waals surface area contributed by atoms with Gasteiger partial charge in [0, 0.05) is 24.5 Å². The van der Waals surface area contributed by atoms with E-state index in [9.17, 15) is 0 Å². The minimum atomic E-state index is 0.604. The van der Waals surface area contributed by atoms with Crippen molar-refractivity contribution in [2.75, 3.05) is 12.4 Å². The van der Waals surface area contributed by atoms with Gasteiger partial charge in [0.05, 0.1) is 6.04 Å². The number of alkyl halides is 1. The Hall–Kier alpha value is -0.690. The van der Waals surface area contributed by atoms with Crippen molar-refractivity contribution in [2.24, 2.45) is 0 Å². The van der Waals surface area contributed by atoms with Gasteiger partial charge in [0.1, 0.15) is 0 Å². The van der Waals surface area contributed by atoms with E-state index in [1.165, 1.54) is 18.5 Å². The summed E-state index contributed by atoms with van der Waals surface area (Å²) >= 11 is 5.68. The molecule has 1 heterocycles. The highest BCUT2D eigenvalue weighted by molar-refractivity contribution is 6.17. The molecule has 0 aromatic carbocycles. The summed E-state index contributed by atoms with van der Waals surface area (Å²) in [5, 5.41) is 0. The van der Waals surface area contributed by atoms with Crippen molar-refractivity contribution in [3.63, 3.8) is 0 Å². The first-order valence-electron chi connectivity index (χ1n) is 7.11. The van der Waals surface area contributed by atoms with Crippen molar-refractivity contribution in [3.05, 3.63) is 35.6 Å². The summed E-state index contributed by atoms with van der Waals surface area (Å²) in [6.07, 6.45) is 13.4. The second-order valence-corrected chi connectivity index (χ2v) is 5.07. The number of allylic oxidation sites excluding steroid dienone is 5. The van der Waals surface area contributed by atoms with Crippen molar-refractivity contribution in [2.45, 2.75) is 52.5 Å². The number of likely N-dealkylation sites (N-methyl/N-ethyl adjacent to an activating group) is 1. The molecule has 1 fully saturated rings. The van der Waals surface area contributed by atoms with E-state index in [1.54, 1.807) is 5.57 Å². The zero-order chi connectivity index (χ0) is 13.4. The van der Waals surface area contributed by atoms with E-state index in [0.717, 1.165) is 19.4 Å². The van der Waals surface area contributed by atoms with Gasteiger partial charge in [0.25, 0.3) is 0 Å². The average molecular weight is 268 g/mol. The summed E-state index contributed by atoms with van der Waals surface area (Å²) in [5.74, 6) is 0.708. The molecular weight excluding hydrogens is 242 g/mol. The first-order valence-corrected chi connectivity index (χ1v) is 7.65. The maximum Gasteiger partial charge on any atom is 0.0505 e. The zero-order valence-corrected chi connectivity index (χ0v) is 12.7. The van der Waals surface area contributed by atoms with Crippen molar-refractivity contribution < 1.29 is 0 Å². The summed E-state index contributed by atoms with van der Waals surface area (Å²) in [7, 11) is 0. The topological polar surface area (TPSA) is 3.24 Å². The van der Waals surface area contributed by atoms with E-state index in [0.29, 0.717) is 11.9 Å². The lowest BCUT2D eigenvalue weighted by molar-refractivity contribution is 0.315. The van der Waals surface area contributed by atoms with E-state index in [2.05, 4.69) is 50.0 Å². The van der Waals surface area contributed by atoms with Crippen LogP contribution in [0.25, 0.3) is 0 Å². The Morgan fingerprint density at radius 3 is 2.72 bits per heavy atom. The molecule has 0 radical (unpaired) electrons. The van der Waals surface area contributed by atoms with Gasteiger partial charge in [-0.3, -0.25) is 0 Å². The second kappa shape index (κ2) is 8.42. The van der Waals surface area contributed by atoms with Crippen LogP contribution in [0.15, 0.2) is 35.6 Å². The molecule has 0 amide bonds. The standard InChI is InChI=1S/C16H26ClN/c1-4-10-16-14(11-8-7-9-12-17)13-15(5-2)18(16)6-3/h5,7-8,11,16H,4,6,9-10,12-13H2,1-3H3/b8-7-,14-11+,15-5+. The van der Waals surface area contributed by atoms with Crippen LogP contribution < -0.4 is 0 Å². The van der Waals surface area contributed by atoms with Crippen molar-refractivity contribution >= 4 is 11.6 Å². The third-order valence-corrected chi connectivity index (χ3v) is 3.73. The van der Waals surface area contributed by atoms with Crippen molar-refractivity contribution in [3.8, 4) is 0 Å². The molecule has 1 atom stereocenters. The Morgan fingerprint density at radius 2 is 2.17 bits per heavy atom. The summed E-state index contributed by atoms with van der Waals surface area (Å²) in [4.78, 5) is 2.55. The minimum absolute atomic E-state index is 0.604. The maximum absolute atomic E-state index is 5.68. The molecule has 1 aliphatic rings. The predicted molar refractivity (Wildman–Crippen MR) is 82.0 cm³/mol. The van der Waals surface area contributed by atoms with Crippen LogP contribution in [-0.4, -0.2) is 23.4 Å². The van der Waals surface area contributed by atoms with Gasteiger partial charge in [-0.1, -0.05) is 37.6 Å². The fourth-order valence-electron chi connectivity index (χ4n) is 2.66. The van der Waals surface area contributed by atoms with Crippen LogP contribution in [0.4, 0.5) is 0 Å². The van der Waals surface area contributed by atoms with Crippen LogP contribution in [0.5, 0.6) is 0 Å². The van der Waals surface area contributed by atoms with E-state index in [1.807, 2.05) is 0 Å². The predicted octanol–water partition coefficient (Wildman–Crippen LogP) is 4.90. The van der Waals surface area contributed by atoms with Crippen LogP contribution in [0, 0.1) is 0 Å². The van der Waals surface area contributed by atoms with Gasteiger partial charge < -0.3 is 4.90 Å². The summed E-state index contributed by atoms with van der Waals surface area (Å²) in [6.45, 7) is 7.77. The molecule has 1 aliphatic heterocycles. The highest BCUT2D eigenvalue weighted by atomic mass is 35.5. The highest BCUT2D eigenvalue weighted by Gasteiger charge is 2.29. The van der Waals surface area contributed by atoms with E-state index >= 15 is 0 Å². The molecule has 0 saturated carbocycles. The molecule has 0 aliphatic carbocycles. The molecule has 0 bridgehead atoms. The largest absolute Gasteiger partial charge is 0.368 e. The lowest BCUT2D eigenvalue weighted by Gasteiger charge is -2.26. The average Bonchev–Trinajstić information content (AvgIpc) is 2.72. The summed E-state index contributed by atoms with van der Waals surface area (Å²) < 4.78 is 0. The molecule has 18 heavy (non-hydrogen) atoms. The molecule has 1 saturated heterocycles. The molecule has 0 N–H and O–H groups in total. The van der Waals surface area contributed by atoms with Crippen LogP contribution in [0.1, 0.15) is 46.5 Å². The van der Waals surface area contributed by atoms with Crippen LogP contribution in [0.2, 0.25) is 0 Å². The number of likely N-dealkylation sites (tertiary alicyclic amines) is 1. The number of hydrogen-bond acceptors (Lipinski definition) is 1. The van der Waals surface area contributed by atoms with Gasteiger partial charge in [-0.25, -0.2) is 0 Å². The molecule has 102 valence electrons. The number of nitrogens with zero attached hydrogens (tertiary/aromatic N) is 1. The molecule has 1 rings (SSSR count).